The van der Waals surface area contributed by atoms with Gasteiger partial charge in [0.1, 0.15) is 5.52 Å². The topological polar surface area (TPSA) is 37.5 Å². The second-order valence-corrected chi connectivity index (χ2v) is 2.48. The van der Waals surface area contributed by atoms with Crippen LogP contribution in [-0.2, 0) is 6.61 Å². The van der Waals surface area contributed by atoms with E-state index in [0.29, 0.717) is 11.1 Å². The summed E-state index contributed by atoms with van der Waals surface area (Å²) >= 11 is 0. The van der Waals surface area contributed by atoms with Crippen molar-refractivity contribution in [3.63, 3.8) is 0 Å². The third kappa shape index (κ3) is 0.887. The third-order valence-corrected chi connectivity index (χ3v) is 1.75. The van der Waals surface area contributed by atoms with Crippen LogP contribution in [0.4, 0.5) is 4.39 Å². The summed E-state index contributed by atoms with van der Waals surface area (Å²) < 4.78 is 14.4. The van der Waals surface area contributed by atoms with Crippen molar-refractivity contribution in [2.45, 2.75) is 6.61 Å². The van der Waals surface area contributed by atoms with Crippen LogP contribution >= 0.6 is 0 Å². The second kappa shape index (κ2) is 2.57. The standard InChI is InChI=1S/C8H7FN2O/c9-7-4-10-11-3-1-2-6(5-12)8(7)11/h1-4,12H,5H2. The quantitative estimate of drug-likeness (QED) is 0.685. The molecule has 0 amide bonds. The van der Waals surface area contributed by atoms with Gasteiger partial charge in [0.15, 0.2) is 5.82 Å². The van der Waals surface area contributed by atoms with Crippen molar-refractivity contribution in [2.24, 2.45) is 0 Å². The van der Waals surface area contributed by atoms with Crippen LogP contribution in [0.2, 0.25) is 0 Å². The monoisotopic (exact) mass is 166 g/mol. The van der Waals surface area contributed by atoms with Gasteiger partial charge in [-0.2, -0.15) is 5.10 Å². The molecule has 0 radical (unpaired) electrons. The average Bonchev–Trinajstić information content (AvgIpc) is 2.48. The number of pyridine rings is 1. The van der Waals surface area contributed by atoms with Crippen molar-refractivity contribution < 1.29 is 9.50 Å². The van der Waals surface area contributed by atoms with E-state index in [4.69, 9.17) is 5.11 Å². The lowest BCUT2D eigenvalue weighted by Gasteiger charge is -1.98. The summed E-state index contributed by atoms with van der Waals surface area (Å²) in [6.07, 6.45) is 2.77. The number of aromatic nitrogens is 2. The molecule has 0 bridgehead atoms. The van der Waals surface area contributed by atoms with Gasteiger partial charge in [0.2, 0.25) is 0 Å². The van der Waals surface area contributed by atoms with E-state index in [2.05, 4.69) is 5.10 Å². The van der Waals surface area contributed by atoms with Crippen LogP contribution in [0.25, 0.3) is 5.52 Å². The average molecular weight is 166 g/mol. The van der Waals surface area contributed by atoms with E-state index < -0.39 is 5.82 Å². The van der Waals surface area contributed by atoms with Crippen LogP contribution in [0.5, 0.6) is 0 Å². The number of aliphatic hydroxyl groups excluding tert-OH is 1. The van der Waals surface area contributed by atoms with Gasteiger partial charge in [-0.3, -0.25) is 0 Å². The molecule has 4 heteroatoms. The molecule has 0 saturated heterocycles. The highest BCUT2D eigenvalue weighted by Gasteiger charge is 2.06. The first-order valence-electron chi connectivity index (χ1n) is 3.54. The number of aliphatic hydroxyl groups is 1. The highest BCUT2D eigenvalue weighted by atomic mass is 19.1. The van der Waals surface area contributed by atoms with Gasteiger partial charge in [0, 0.05) is 11.8 Å². The fourth-order valence-electron chi connectivity index (χ4n) is 1.20. The molecule has 2 aromatic rings. The summed E-state index contributed by atoms with van der Waals surface area (Å²) in [5.41, 5.74) is 0.896. The van der Waals surface area contributed by atoms with Crippen molar-refractivity contribution in [2.75, 3.05) is 0 Å². The molecule has 2 rings (SSSR count). The zero-order valence-electron chi connectivity index (χ0n) is 6.24. The lowest BCUT2D eigenvalue weighted by Crippen LogP contribution is -1.92. The molecule has 1 N–H and O–H groups in total. The normalized spacial score (nSPS) is 10.8. The lowest BCUT2D eigenvalue weighted by atomic mass is 10.2. The molecule has 0 atom stereocenters. The Kier molecular flexibility index (Phi) is 1.55. The Morgan fingerprint density at radius 3 is 3.17 bits per heavy atom. The molecule has 0 spiro atoms. The fraction of sp³-hybridized carbons (Fsp3) is 0.125. The molecule has 12 heavy (non-hydrogen) atoms. The van der Waals surface area contributed by atoms with Crippen molar-refractivity contribution in [1.82, 2.24) is 9.61 Å². The molecular weight excluding hydrogens is 159 g/mol. The molecule has 2 heterocycles. The Labute approximate surface area is 68.1 Å². The minimum absolute atomic E-state index is 0.174. The van der Waals surface area contributed by atoms with Gasteiger partial charge in [-0.15, -0.1) is 0 Å². The zero-order chi connectivity index (χ0) is 8.55. The molecule has 0 aliphatic carbocycles. The maximum Gasteiger partial charge on any atom is 0.169 e. The van der Waals surface area contributed by atoms with Gasteiger partial charge in [-0.05, 0) is 6.07 Å². The van der Waals surface area contributed by atoms with Gasteiger partial charge < -0.3 is 5.11 Å². The van der Waals surface area contributed by atoms with Gasteiger partial charge in [-0.25, -0.2) is 8.91 Å². The second-order valence-electron chi connectivity index (χ2n) is 2.48. The largest absolute Gasteiger partial charge is 0.392 e. The van der Waals surface area contributed by atoms with Gasteiger partial charge >= 0.3 is 0 Å². The van der Waals surface area contributed by atoms with Crippen LogP contribution in [-0.4, -0.2) is 14.7 Å². The summed E-state index contributed by atoms with van der Waals surface area (Å²) in [5.74, 6) is -0.403. The Balaban J connectivity index is 2.84. The Morgan fingerprint density at radius 1 is 1.58 bits per heavy atom. The first kappa shape index (κ1) is 7.24. The molecule has 0 aliphatic rings. The molecule has 0 aromatic carbocycles. The van der Waals surface area contributed by atoms with E-state index in [9.17, 15) is 4.39 Å². The van der Waals surface area contributed by atoms with E-state index in [1.807, 2.05) is 0 Å². The van der Waals surface area contributed by atoms with Crippen molar-refractivity contribution >= 4 is 5.52 Å². The fourth-order valence-corrected chi connectivity index (χ4v) is 1.20. The van der Waals surface area contributed by atoms with E-state index in [0.717, 1.165) is 6.20 Å². The van der Waals surface area contributed by atoms with Gasteiger partial charge in [0.25, 0.3) is 0 Å². The van der Waals surface area contributed by atoms with Gasteiger partial charge in [-0.1, -0.05) is 6.07 Å². The maximum absolute atomic E-state index is 13.0. The summed E-state index contributed by atoms with van der Waals surface area (Å²) in [6.45, 7) is -0.174. The molecule has 0 saturated carbocycles. The number of hydrogen-bond acceptors (Lipinski definition) is 2. The summed E-state index contributed by atoms with van der Waals surface area (Å²) in [4.78, 5) is 0. The summed E-state index contributed by atoms with van der Waals surface area (Å²) in [6, 6.07) is 3.38. The number of hydrogen-bond donors (Lipinski definition) is 1. The van der Waals surface area contributed by atoms with Crippen LogP contribution in [0.15, 0.2) is 24.5 Å². The maximum atomic E-state index is 13.0. The lowest BCUT2D eigenvalue weighted by molar-refractivity contribution is 0.282. The summed E-state index contributed by atoms with van der Waals surface area (Å²) in [7, 11) is 0. The van der Waals surface area contributed by atoms with Crippen molar-refractivity contribution in [3.05, 3.63) is 35.9 Å². The zero-order valence-corrected chi connectivity index (χ0v) is 6.24. The number of halogens is 1. The highest BCUT2D eigenvalue weighted by Crippen LogP contribution is 2.13. The molecule has 3 nitrogen and oxygen atoms in total. The first-order chi connectivity index (χ1) is 5.83. The Bertz CT molecular complexity index is 410. The van der Waals surface area contributed by atoms with E-state index in [-0.39, 0.29) is 6.61 Å². The predicted octanol–water partition coefficient (Wildman–Crippen LogP) is 0.966. The van der Waals surface area contributed by atoms with Crippen molar-refractivity contribution in [3.8, 4) is 0 Å². The Morgan fingerprint density at radius 2 is 2.42 bits per heavy atom. The van der Waals surface area contributed by atoms with Crippen LogP contribution < -0.4 is 0 Å². The van der Waals surface area contributed by atoms with Gasteiger partial charge in [0.05, 0.1) is 12.8 Å². The SMILES string of the molecule is OCc1cccn2ncc(F)c12. The first-order valence-corrected chi connectivity index (χ1v) is 3.54. The smallest absolute Gasteiger partial charge is 0.169 e. The molecule has 0 unspecified atom stereocenters. The molecule has 0 fully saturated rings. The molecule has 2 aromatic heterocycles. The van der Waals surface area contributed by atoms with Crippen LogP contribution in [0.3, 0.4) is 0 Å². The minimum Gasteiger partial charge on any atom is -0.392 e. The van der Waals surface area contributed by atoms with Crippen molar-refractivity contribution in [1.29, 1.82) is 0 Å². The van der Waals surface area contributed by atoms with Crippen LogP contribution in [0, 0.1) is 5.82 Å². The highest BCUT2D eigenvalue weighted by molar-refractivity contribution is 5.54. The predicted molar refractivity (Wildman–Crippen MR) is 41.1 cm³/mol. The molecule has 62 valence electrons. The third-order valence-electron chi connectivity index (χ3n) is 1.75. The van der Waals surface area contributed by atoms with E-state index >= 15 is 0 Å². The molecule has 0 aliphatic heterocycles. The number of rotatable bonds is 1. The summed E-state index contributed by atoms with van der Waals surface area (Å²) in [5, 5.41) is 12.6. The molecular formula is C8H7FN2O. The van der Waals surface area contributed by atoms with E-state index in [1.54, 1.807) is 18.3 Å². The Hall–Kier alpha value is -1.42. The van der Waals surface area contributed by atoms with Crippen LogP contribution in [0.1, 0.15) is 5.56 Å². The minimum atomic E-state index is -0.403. The van der Waals surface area contributed by atoms with E-state index in [1.165, 1.54) is 4.52 Å². The number of fused-ring (bicyclic) bond motifs is 1. The number of nitrogens with zero attached hydrogens (tertiary/aromatic N) is 2.